The first kappa shape index (κ1) is 11.4. The molecule has 0 aliphatic rings. The minimum atomic E-state index is -0.340. The van der Waals surface area contributed by atoms with Gasteiger partial charge in [-0.05, 0) is 6.92 Å². The first-order valence-corrected chi connectivity index (χ1v) is 5.71. The van der Waals surface area contributed by atoms with Crippen LogP contribution in [-0.4, -0.2) is 21.9 Å². The average Bonchev–Trinajstić information content (AvgIpc) is 2.67. The van der Waals surface area contributed by atoms with E-state index in [-0.39, 0.29) is 11.9 Å². The van der Waals surface area contributed by atoms with Crippen LogP contribution in [-0.2, 0) is 0 Å². The van der Waals surface area contributed by atoms with E-state index in [9.17, 15) is 4.79 Å². The Hall–Kier alpha value is -2.13. The normalized spacial score (nSPS) is 12.0. The minimum Gasteiger partial charge on any atom is -0.396 e. The van der Waals surface area contributed by atoms with Crippen LogP contribution in [0.5, 0.6) is 0 Å². The molecule has 1 unspecified atom stereocenters. The number of hydrogen-bond acceptors (Lipinski definition) is 5. The quantitative estimate of drug-likeness (QED) is 0.775. The maximum Gasteiger partial charge on any atom is 0.264 e. The monoisotopic (exact) mass is 246 g/mol. The van der Waals surface area contributed by atoms with Crippen molar-refractivity contribution >= 4 is 33.3 Å². The third kappa shape index (κ3) is 2.05. The van der Waals surface area contributed by atoms with Gasteiger partial charge in [-0.25, -0.2) is 9.97 Å². The molecule has 0 saturated carbocycles. The second kappa shape index (κ2) is 4.39. The van der Waals surface area contributed by atoms with Crippen molar-refractivity contribution in [3.8, 4) is 12.3 Å². The van der Waals surface area contributed by atoms with Gasteiger partial charge in [0.25, 0.3) is 5.91 Å². The van der Waals surface area contributed by atoms with Crippen molar-refractivity contribution in [2.75, 3.05) is 5.73 Å². The molecule has 0 fully saturated rings. The van der Waals surface area contributed by atoms with Gasteiger partial charge in [-0.1, -0.05) is 5.92 Å². The second-order valence-electron chi connectivity index (χ2n) is 3.42. The molecule has 0 aliphatic carbocycles. The maximum absolute atomic E-state index is 11.9. The Morgan fingerprint density at radius 2 is 2.29 bits per heavy atom. The third-order valence-corrected chi connectivity index (χ3v) is 3.27. The molecule has 2 heterocycles. The molecule has 2 aromatic heterocycles. The molecule has 1 amide bonds. The van der Waals surface area contributed by atoms with Gasteiger partial charge in [0.2, 0.25) is 0 Å². The maximum atomic E-state index is 11.9. The van der Waals surface area contributed by atoms with Crippen LogP contribution in [0.1, 0.15) is 16.6 Å². The Morgan fingerprint density at radius 3 is 2.94 bits per heavy atom. The number of thiophene rings is 1. The Balaban J connectivity index is 2.40. The zero-order valence-corrected chi connectivity index (χ0v) is 9.91. The van der Waals surface area contributed by atoms with E-state index < -0.39 is 0 Å². The van der Waals surface area contributed by atoms with Crippen LogP contribution in [0.3, 0.4) is 0 Å². The van der Waals surface area contributed by atoms with Crippen LogP contribution in [0.4, 0.5) is 5.69 Å². The molecule has 3 N–H and O–H groups in total. The molecular weight excluding hydrogens is 236 g/mol. The molecule has 2 aromatic rings. The molecule has 2 rings (SSSR count). The first-order chi connectivity index (χ1) is 8.13. The fraction of sp³-hybridized carbons (Fsp3) is 0.182. The molecule has 0 aromatic carbocycles. The Bertz CT molecular complexity index is 613. The van der Waals surface area contributed by atoms with Gasteiger partial charge >= 0.3 is 0 Å². The van der Waals surface area contributed by atoms with E-state index in [1.165, 1.54) is 17.5 Å². The zero-order chi connectivity index (χ0) is 12.4. The highest BCUT2D eigenvalue weighted by molar-refractivity contribution is 7.21. The SMILES string of the molecule is C#CC(C)NC(=O)c1sc2nccnc2c1N. The summed E-state index contributed by atoms with van der Waals surface area (Å²) in [5.41, 5.74) is 6.75. The fourth-order valence-electron chi connectivity index (χ4n) is 1.32. The molecule has 17 heavy (non-hydrogen) atoms. The van der Waals surface area contributed by atoms with Crippen LogP contribution in [0.15, 0.2) is 12.4 Å². The zero-order valence-electron chi connectivity index (χ0n) is 9.10. The van der Waals surface area contributed by atoms with Crippen molar-refractivity contribution in [3.05, 3.63) is 17.3 Å². The van der Waals surface area contributed by atoms with E-state index in [1.54, 1.807) is 13.1 Å². The topological polar surface area (TPSA) is 80.9 Å². The molecule has 0 spiro atoms. The summed E-state index contributed by atoms with van der Waals surface area (Å²) in [4.78, 5) is 21.1. The second-order valence-corrected chi connectivity index (χ2v) is 4.42. The van der Waals surface area contributed by atoms with Gasteiger partial charge in [0.1, 0.15) is 15.2 Å². The summed E-state index contributed by atoms with van der Waals surface area (Å²) in [5, 5.41) is 2.65. The highest BCUT2D eigenvalue weighted by atomic mass is 32.1. The summed E-state index contributed by atoms with van der Waals surface area (Å²) in [6.07, 6.45) is 8.29. The summed E-state index contributed by atoms with van der Waals surface area (Å²) in [7, 11) is 0. The highest BCUT2D eigenvalue weighted by Crippen LogP contribution is 2.30. The van der Waals surface area contributed by atoms with E-state index in [2.05, 4.69) is 21.2 Å². The molecule has 86 valence electrons. The van der Waals surface area contributed by atoms with Crippen molar-refractivity contribution in [3.63, 3.8) is 0 Å². The minimum absolute atomic E-state index is 0.294. The molecule has 5 nitrogen and oxygen atoms in total. The fourth-order valence-corrected chi connectivity index (χ4v) is 2.24. The van der Waals surface area contributed by atoms with Crippen molar-refractivity contribution in [1.29, 1.82) is 0 Å². The molecular formula is C11H10N4OS. The standard InChI is InChI=1S/C11H10N4OS/c1-3-6(2)15-10(16)9-7(12)8-11(17-9)14-5-4-13-8/h1,4-6H,12H2,2H3,(H,15,16). The number of nitrogens with zero attached hydrogens (tertiary/aromatic N) is 2. The van der Waals surface area contributed by atoms with Gasteiger partial charge in [0, 0.05) is 12.4 Å². The van der Waals surface area contributed by atoms with E-state index in [0.29, 0.717) is 20.9 Å². The first-order valence-electron chi connectivity index (χ1n) is 4.89. The van der Waals surface area contributed by atoms with Crippen LogP contribution in [0.2, 0.25) is 0 Å². The lowest BCUT2D eigenvalue weighted by molar-refractivity contribution is 0.0953. The number of carbonyl (C=O) groups excluding carboxylic acids is 1. The smallest absolute Gasteiger partial charge is 0.264 e. The summed E-state index contributed by atoms with van der Waals surface area (Å²) >= 11 is 1.21. The average molecular weight is 246 g/mol. The van der Waals surface area contributed by atoms with Crippen molar-refractivity contribution < 1.29 is 4.79 Å². The van der Waals surface area contributed by atoms with Crippen LogP contribution in [0.25, 0.3) is 10.3 Å². The van der Waals surface area contributed by atoms with Gasteiger partial charge < -0.3 is 11.1 Å². The number of anilines is 1. The predicted octanol–water partition coefficient (Wildman–Crippen LogP) is 1.02. The van der Waals surface area contributed by atoms with Crippen molar-refractivity contribution in [2.45, 2.75) is 13.0 Å². The number of nitrogen functional groups attached to an aromatic ring is 1. The van der Waals surface area contributed by atoms with E-state index in [0.717, 1.165) is 0 Å². The number of nitrogens with two attached hydrogens (primary N) is 1. The number of terminal acetylenes is 1. The van der Waals surface area contributed by atoms with Crippen LogP contribution in [0, 0.1) is 12.3 Å². The highest BCUT2D eigenvalue weighted by Gasteiger charge is 2.18. The Morgan fingerprint density at radius 1 is 1.59 bits per heavy atom. The molecule has 0 bridgehead atoms. The van der Waals surface area contributed by atoms with Crippen LogP contribution >= 0.6 is 11.3 Å². The van der Waals surface area contributed by atoms with Gasteiger partial charge in [-0.15, -0.1) is 17.8 Å². The summed E-state index contributed by atoms with van der Waals surface area (Å²) < 4.78 is 0. The van der Waals surface area contributed by atoms with E-state index in [4.69, 9.17) is 12.2 Å². The number of carbonyl (C=O) groups is 1. The van der Waals surface area contributed by atoms with Crippen molar-refractivity contribution in [1.82, 2.24) is 15.3 Å². The number of nitrogens with one attached hydrogen (secondary N) is 1. The van der Waals surface area contributed by atoms with Crippen LogP contribution < -0.4 is 11.1 Å². The summed E-state index contributed by atoms with van der Waals surface area (Å²) in [5.74, 6) is 2.13. The molecule has 1 atom stereocenters. The van der Waals surface area contributed by atoms with Gasteiger partial charge in [0.05, 0.1) is 11.7 Å². The van der Waals surface area contributed by atoms with Gasteiger partial charge in [0.15, 0.2) is 0 Å². The van der Waals surface area contributed by atoms with E-state index >= 15 is 0 Å². The summed E-state index contributed by atoms with van der Waals surface area (Å²) in [6, 6.07) is -0.340. The summed E-state index contributed by atoms with van der Waals surface area (Å²) in [6.45, 7) is 1.72. The molecule has 0 saturated heterocycles. The number of fused-ring (bicyclic) bond motifs is 1. The van der Waals surface area contributed by atoms with Crippen molar-refractivity contribution in [2.24, 2.45) is 0 Å². The Labute approximate surface area is 102 Å². The number of amides is 1. The molecule has 6 heteroatoms. The lowest BCUT2D eigenvalue weighted by Gasteiger charge is -2.06. The van der Waals surface area contributed by atoms with E-state index in [1.807, 2.05) is 0 Å². The number of aromatic nitrogens is 2. The van der Waals surface area contributed by atoms with Gasteiger partial charge in [-0.2, -0.15) is 0 Å². The predicted molar refractivity (Wildman–Crippen MR) is 67.6 cm³/mol. The molecule has 0 aliphatic heterocycles. The molecule has 0 radical (unpaired) electrons. The number of hydrogen-bond donors (Lipinski definition) is 2. The largest absolute Gasteiger partial charge is 0.396 e. The number of rotatable bonds is 2. The third-order valence-electron chi connectivity index (χ3n) is 2.17. The van der Waals surface area contributed by atoms with Gasteiger partial charge in [-0.3, -0.25) is 4.79 Å². The lowest BCUT2D eigenvalue weighted by Crippen LogP contribution is -2.31. The lowest BCUT2D eigenvalue weighted by atomic mass is 10.3. The Kier molecular flexibility index (Phi) is 2.93.